The van der Waals surface area contributed by atoms with E-state index in [0.717, 1.165) is 12.1 Å². The number of rotatable bonds is 6. The van der Waals surface area contributed by atoms with Gasteiger partial charge in [0.2, 0.25) is 0 Å². The molecular formula is C15H23F2N3O. The molecule has 1 aromatic carbocycles. The molecule has 0 radical (unpaired) electrons. The molecule has 1 amide bonds. The van der Waals surface area contributed by atoms with Crippen LogP contribution in [0.15, 0.2) is 12.1 Å². The Bertz CT molecular complexity index is 471. The second-order valence-corrected chi connectivity index (χ2v) is 5.96. The monoisotopic (exact) mass is 299 g/mol. The number of halogens is 2. The first-order chi connectivity index (χ1) is 9.76. The first-order valence-corrected chi connectivity index (χ1v) is 7.01. The Labute approximate surface area is 124 Å². The topological polar surface area (TPSA) is 58.4 Å². The van der Waals surface area contributed by atoms with Crippen LogP contribution in [0.1, 0.15) is 38.1 Å². The number of nitrogens with zero attached hydrogens (tertiary/aromatic N) is 1. The average molecular weight is 299 g/mol. The Balaban J connectivity index is 3.08. The Morgan fingerprint density at radius 2 is 1.57 bits per heavy atom. The number of benzene rings is 1. The van der Waals surface area contributed by atoms with Gasteiger partial charge in [0.05, 0.1) is 0 Å². The lowest BCUT2D eigenvalue weighted by Gasteiger charge is -2.26. The van der Waals surface area contributed by atoms with Crippen molar-refractivity contribution in [1.29, 1.82) is 0 Å². The van der Waals surface area contributed by atoms with Crippen molar-refractivity contribution in [3.8, 4) is 0 Å². The Kier molecular flexibility index (Phi) is 6.08. The van der Waals surface area contributed by atoms with Crippen molar-refractivity contribution in [2.75, 3.05) is 18.5 Å². The molecule has 0 heterocycles. The number of amides is 1. The molecular weight excluding hydrogens is 276 g/mol. The van der Waals surface area contributed by atoms with Crippen LogP contribution in [0.25, 0.3) is 0 Å². The number of anilines is 1. The van der Waals surface area contributed by atoms with E-state index in [1.54, 1.807) is 4.90 Å². The minimum Gasteiger partial charge on any atom is -0.338 e. The molecule has 0 atom stereocenters. The van der Waals surface area contributed by atoms with E-state index in [-0.39, 0.29) is 23.3 Å². The summed E-state index contributed by atoms with van der Waals surface area (Å²) in [5, 5.41) is 0. The predicted octanol–water partition coefficient (Wildman–Crippen LogP) is 3.00. The van der Waals surface area contributed by atoms with Crippen LogP contribution in [0.3, 0.4) is 0 Å². The fraction of sp³-hybridized carbons (Fsp3) is 0.533. The number of carbonyl (C=O) groups is 1. The molecule has 6 heteroatoms. The number of nitrogen functional groups attached to an aromatic ring is 1. The van der Waals surface area contributed by atoms with Gasteiger partial charge in [-0.3, -0.25) is 10.6 Å². The summed E-state index contributed by atoms with van der Waals surface area (Å²) in [4.78, 5) is 14.1. The zero-order chi connectivity index (χ0) is 16.2. The molecule has 0 unspecified atom stereocenters. The van der Waals surface area contributed by atoms with Gasteiger partial charge in [-0.15, -0.1) is 0 Å². The minimum absolute atomic E-state index is 0.00898. The highest BCUT2D eigenvalue weighted by molar-refractivity contribution is 5.94. The van der Waals surface area contributed by atoms with Gasteiger partial charge in [-0.05, 0) is 24.0 Å². The number of nitrogens with two attached hydrogens (primary N) is 1. The van der Waals surface area contributed by atoms with Crippen molar-refractivity contribution in [3.63, 3.8) is 0 Å². The highest BCUT2D eigenvalue weighted by Crippen LogP contribution is 2.21. The third kappa shape index (κ3) is 4.67. The molecule has 0 saturated carbocycles. The van der Waals surface area contributed by atoms with Crippen LogP contribution < -0.4 is 11.3 Å². The number of hydrogen-bond acceptors (Lipinski definition) is 3. The van der Waals surface area contributed by atoms with Crippen LogP contribution in [0, 0.1) is 23.5 Å². The molecule has 0 saturated heterocycles. The Morgan fingerprint density at radius 3 is 1.90 bits per heavy atom. The fourth-order valence-corrected chi connectivity index (χ4v) is 2.14. The van der Waals surface area contributed by atoms with E-state index in [1.807, 2.05) is 33.1 Å². The first-order valence-electron chi connectivity index (χ1n) is 7.01. The van der Waals surface area contributed by atoms with E-state index in [9.17, 15) is 13.6 Å². The van der Waals surface area contributed by atoms with Crippen LogP contribution in [0.2, 0.25) is 0 Å². The highest BCUT2D eigenvalue weighted by Gasteiger charge is 2.21. The fourth-order valence-electron chi connectivity index (χ4n) is 2.14. The largest absolute Gasteiger partial charge is 0.338 e. The quantitative estimate of drug-likeness (QED) is 0.627. The van der Waals surface area contributed by atoms with Crippen molar-refractivity contribution in [2.24, 2.45) is 17.7 Å². The van der Waals surface area contributed by atoms with Crippen molar-refractivity contribution >= 4 is 11.6 Å². The summed E-state index contributed by atoms with van der Waals surface area (Å²) in [6, 6.07) is 2.02. The standard InChI is InChI=1S/C15H23F2N3O/c1-9(2)7-20(8-10(3)4)15(21)11-5-12(16)14(19-18)13(17)6-11/h5-6,9-10,19H,7-8,18H2,1-4H3. The van der Waals surface area contributed by atoms with Gasteiger partial charge < -0.3 is 10.3 Å². The van der Waals surface area contributed by atoms with E-state index in [2.05, 4.69) is 0 Å². The lowest BCUT2D eigenvalue weighted by molar-refractivity contribution is 0.0714. The third-order valence-electron chi connectivity index (χ3n) is 2.89. The number of hydrazine groups is 1. The van der Waals surface area contributed by atoms with Crippen molar-refractivity contribution < 1.29 is 13.6 Å². The molecule has 0 aliphatic heterocycles. The highest BCUT2D eigenvalue weighted by atomic mass is 19.1. The molecule has 1 aromatic rings. The van der Waals surface area contributed by atoms with E-state index >= 15 is 0 Å². The van der Waals surface area contributed by atoms with Crippen LogP contribution >= 0.6 is 0 Å². The zero-order valence-corrected chi connectivity index (χ0v) is 12.9. The summed E-state index contributed by atoms with van der Waals surface area (Å²) < 4.78 is 27.4. The summed E-state index contributed by atoms with van der Waals surface area (Å²) in [6.07, 6.45) is 0. The van der Waals surface area contributed by atoms with Crippen LogP contribution in [-0.4, -0.2) is 23.9 Å². The minimum atomic E-state index is -0.880. The molecule has 0 aliphatic carbocycles. The van der Waals surface area contributed by atoms with E-state index in [0.29, 0.717) is 13.1 Å². The van der Waals surface area contributed by atoms with Gasteiger partial charge in [-0.25, -0.2) is 8.78 Å². The lowest BCUT2D eigenvalue weighted by Crippen LogP contribution is -2.37. The van der Waals surface area contributed by atoms with Crippen LogP contribution in [-0.2, 0) is 0 Å². The summed E-state index contributed by atoms with van der Waals surface area (Å²) in [7, 11) is 0. The molecule has 118 valence electrons. The maximum absolute atomic E-state index is 13.7. The second kappa shape index (κ2) is 7.36. The molecule has 0 spiro atoms. The summed E-state index contributed by atoms with van der Waals surface area (Å²) in [5.41, 5.74) is 1.50. The van der Waals surface area contributed by atoms with Crippen molar-refractivity contribution in [2.45, 2.75) is 27.7 Å². The zero-order valence-electron chi connectivity index (χ0n) is 12.9. The lowest BCUT2D eigenvalue weighted by atomic mass is 10.1. The van der Waals surface area contributed by atoms with Gasteiger partial charge in [-0.1, -0.05) is 27.7 Å². The molecule has 4 nitrogen and oxygen atoms in total. The molecule has 0 fully saturated rings. The van der Waals surface area contributed by atoms with Gasteiger partial charge >= 0.3 is 0 Å². The van der Waals surface area contributed by atoms with Gasteiger partial charge in [0.25, 0.3) is 5.91 Å². The smallest absolute Gasteiger partial charge is 0.254 e. The Morgan fingerprint density at radius 1 is 1.14 bits per heavy atom. The maximum Gasteiger partial charge on any atom is 0.254 e. The van der Waals surface area contributed by atoms with Gasteiger partial charge in [0.1, 0.15) is 5.69 Å². The van der Waals surface area contributed by atoms with E-state index in [4.69, 9.17) is 5.84 Å². The van der Waals surface area contributed by atoms with E-state index in [1.165, 1.54) is 0 Å². The van der Waals surface area contributed by atoms with Gasteiger partial charge in [0, 0.05) is 18.7 Å². The summed E-state index contributed by atoms with van der Waals surface area (Å²) in [6.45, 7) is 9.03. The van der Waals surface area contributed by atoms with Crippen molar-refractivity contribution in [1.82, 2.24) is 4.90 Å². The molecule has 21 heavy (non-hydrogen) atoms. The predicted molar refractivity (Wildman–Crippen MR) is 79.7 cm³/mol. The number of nitrogens with one attached hydrogen (secondary N) is 1. The molecule has 0 aromatic heterocycles. The molecule has 0 aliphatic rings. The second-order valence-electron chi connectivity index (χ2n) is 5.96. The third-order valence-corrected chi connectivity index (χ3v) is 2.89. The molecule has 1 rings (SSSR count). The first kappa shape index (κ1) is 17.4. The summed E-state index contributed by atoms with van der Waals surface area (Å²) >= 11 is 0. The van der Waals surface area contributed by atoms with Gasteiger partial charge in [-0.2, -0.15) is 0 Å². The molecule has 3 N–H and O–H groups in total. The van der Waals surface area contributed by atoms with Crippen LogP contribution in [0.5, 0.6) is 0 Å². The van der Waals surface area contributed by atoms with E-state index < -0.39 is 17.3 Å². The van der Waals surface area contributed by atoms with Crippen molar-refractivity contribution in [3.05, 3.63) is 29.3 Å². The normalized spacial score (nSPS) is 11.1. The average Bonchev–Trinajstić information content (AvgIpc) is 2.35. The number of hydrogen-bond donors (Lipinski definition) is 2. The number of carbonyl (C=O) groups excluding carboxylic acids is 1. The maximum atomic E-state index is 13.7. The Hall–Kier alpha value is -1.69. The van der Waals surface area contributed by atoms with Crippen LogP contribution in [0.4, 0.5) is 14.5 Å². The molecule has 0 bridgehead atoms. The SMILES string of the molecule is CC(C)CN(CC(C)C)C(=O)c1cc(F)c(NN)c(F)c1. The summed E-state index contributed by atoms with van der Waals surface area (Å²) in [5.74, 6) is 3.45. The van der Waals surface area contributed by atoms with Gasteiger partial charge in [0.15, 0.2) is 11.6 Å².